The summed E-state index contributed by atoms with van der Waals surface area (Å²) in [6.45, 7) is 4.19. The first-order chi connectivity index (χ1) is 11.3. The Balaban J connectivity index is 1.87. The molecular weight excluding hydrogens is 306 g/mol. The van der Waals surface area contributed by atoms with E-state index in [4.69, 9.17) is 5.10 Å². The average molecular weight is 323 g/mol. The van der Waals surface area contributed by atoms with Crippen LogP contribution in [0.4, 0.5) is 0 Å². The SMILES string of the molecule is CCCCc1nnc2sc(-c3cc(C)nc4ccccc34)nn12. The van der Waals surface area contributed by atoms with Gasteiger partial charge >= 0.3 is 0 Å². The number of unbranched alkanes of at least 4 members (excludes halogenated alkanes) is 1. The van der Waals surface area contributed by atoms with Crippen LogP contribution in [0.15, 0.2) is 30.3 Å². The summed E-state index contributed by atoms with van der Waals surface area (Å²) in [5.74, 6) is 0.944. The van der Waals surface area contributed by atoms with Crippen molar-refractivity contribution in [3.05, 3.63) is 41.9 Å². The van der Waals surface area contributed by atoms with Crippen molar-refractivity contribution < 1.29 is 0 Å². The zero-order valence-corrected chi connectivity index (χ0v) is 14.0. The maximum atomic E-state index is 4.77. The minimum atomic E-state index is 0.852. The Morgan fingerprint density at radius 1 is 1.17 bits per heavy atom. The third-order valence-electron chi connectivity index (χ3n) is 3.88. The van der Waals surface area contributed by atoms with Gasteiger partial charge in [0.25, 0.3) is 0 Å². The van der Waals surface area contributed by atoms with Gasteiger partial charge in [-0.25, -0.2) is 0 Å². The van der Waals surface area contributed by atoms with Crippen molar-refractivity contribution in [2.75, 3.05) is 0 Å². The highest BCUT2D eigenvalue weighted by molar-refractivity contribution is 7.19. The van der Waals surface area contributed by atoms with E-state index in [0.717, 1.165) is 57.2 Å². The lowest BCUT2D eigenvalue weighted by Gasteiger charge is -2.04. The van der Waals surface area contributed by atoms with Gasteiger partial charge in [0.1, 0.15) is 5.01 Å². The number of aryl methyl sites for hydroxylation is 2. The average Bonchev–Trinajstić information content (AvgIpc) is 3.13. The van der Waals surface area contributed by atoms with E-state index in [0.29, 0.717) is 0 Å². The van der Waals surface area contributed by atoms with Crippen molar-refractivity contribution in [1.82, 2.24) is 24.8 Å². The number of hydrogen-bond acceptors (Lipinski definition) is 5. The second kappa shape index (κ2) is 5.70. The summed E-state index contributed by atoms with van der Waals surface area (Å²) in [7, 11) is 0. The van der Waals surface area contributed by atoms with Crippen LogP contribution >= 0.6 is 11.3 Å². The Kier molecular flexibility index (Phi) is 3.53. The zero-order valence-electron chi connectivity index (χ0n) is 13.2. The first-order valence-electron chi connectivity index (χ1n) is 7.84. The van der Waals surface area contributed by atoms with Crippen molar-refractivity contribution in [3.8, 4) is 10.6 Å². The number of pyridine rings is 1. The van der Waals surface area contributed by atoms with Crippen LogP contribution in [0.2, 0.25) is 0 Å². The molecule has 23 heavy (non-hydrogen) atoms. The normalized spacial score (nSPS) is 11.6. The Labute approximate surface area is 138 Å². The molecule has 0 fully saturated rings. The fraction of sp³-hybridized carbons (Fsp3) is 0.294. The van der Waals surface area contributed by atoms with E-state index >= 15 is 0 Å². The molecule has 3 heterocycles. The minimum Gasteiger partial charge on any atom is -0.253 e. The number of nitrogens with zero attached hydrogens (tertiary/aromatic N) is 5. The fourth-order valence-electron chi connectivity index (χ4n) is 2.74. The van der Waals surface area contributed by atoms with Crippen LogP contribution in [-0.4, -0.2) is 24.8 Å². The molecule has 0 N–H and O–H groups in total. The van der Waals surface area contributed by atoms with Crippen LogP contribution in [0.25, 0.3) is 26.4 Å². The molecule has 0 radical (unpaired) electrons. The molecule has 4 aromatic rings. The molecule has 0 aliphatic heterocycles. The van der Waals surface area contributed by atoms with Crippen LogP contribution in [0.1, 0.15) is 31.3 Å². The van der Waals surface area contributed by atoms with E-state index in [1.807, 2.05) is 29.6 Å². The molecular formula is C17H17N5S. The second-order valence-corrected chi connectivity index (χ2v) is 6.61. The van der Waals surface area contributed by atoms with Crippen molar-refractivity contribution in [1.29, 1.82) is 0 Å². The number of benzene rings is 1. The Bertz CT molecular complexity index is 985. The number of hydrogen-bond donors (Lipinski definition) is 0. The number of para-hydroxylation sites is 1. The quantitative estimate of drug-likeness (QED) is 0.568. The van der Waals surface area contributed by atoms with Crippen LogP contribution in [-0.2, 0) is 6.42 Å². The molecule has 3 aromatic heterocycles. The predicted molar refractivity (Wildman–Crippen MR) is 92.7 cm³/mol. The molecule has 116 valence electrons. The van der Waals surface area contributed by atoms with Gasteiger partial charge in [-0.15, -0.1) is 10.2 Å². The van der Waals surface area contributed by atoms with E-state index in [2.05, 4.69) is 34.2 Å². The van der Waals surface area contributed by atoms with Crippen molar-refractivity contribution in [2.45, 2.75) is 33.1 Å². The molecule has 0 saturated heterocycles. The summed E-state index contributed by atoms with van der Waals surface area (Å²) in [6, 6.07) is 10.3. The molecule has 6 heteroatoms. The highest BCUT2D eigenvalue weighted by Crippen LogP contribution is 2.31. The maximum absolute atomic E-state index is 4.77. The smallest absolute Gasteiger partial charge is 0.234 e. The summed E-state index contributed by atoms with van der Waals surface area (Å²) in [5, 5.41) is 15.4. The minimum absolute atomic E-state index is 0.852. The molecule has 0 saturated carbocycles. The van der Waals surface area contributed by atoms with Gasteiger partial charge in [-0.3, -0.25) is 4.98 Å². The first-order valence-corrected chi connectivity index (χ1v) is 8.66. The van der Waals surface area contributed by atoms with E-state index < -0.39 is 0 Å². The van der Waals surface area contributed by atoms with Crippen LogP contribution in [0, 0.1) is 6.92 Å². The maximum Gasteiger partial charge on any atom is 0.234 e. The summed E-state index contributed by atoms with van der Waals surface area (Å²) < 4.78 is 1.89. The number of fused-ring (bicyclic) bond motifs is 2. The van der Waals surface area contributed by atoms with E-state index in [9.17, 15) is 0 Å². The fourth-order valence-corrected chi connectivity index (χ4v) is 3.63. The van der Waals surface area contributed by atoms with Gasteiger partial charge in [0, 0.05) is 23.1 Å². The van der Waals surface area contributed by atoms with Crippen molar-refractivity contribution in [3.63, 3.8) is 0 Å². The monoisotopic (exact) mass is 323 g/mol. The Morgan fingerprint density at radius 2 is 2.04 bits per heavy atom. The van der Waals surface area contributed by atoms with Gasteiger partial charge in [-0.2, -0.15) is 9.61 Å². The van der Waals surface area contributed by atoms with Crippen LogP contribution in [0.3, 0.4) is 0 Å². The lowest BCUT2D eigenvalue weighted by molar-refractivity contribution is 0.723. The first kappa shape index (κ1) is 14.3. The Morgan fingerprint density at radius 3 is 2.91 bits per heavy atom. The molecule has 0 atom stereocenters. The highest BCUT2D eigenvalue weighted by Gasteiger charge is 2.15. The third kappa shape index (κ3) is 2.49. The van der Waals surface area contributed by atoms with E-state index in [-0.39, 0.29) is 0 Å². The summed E-state index contributed by atoms with van der Waals surface area (Å²) in [4.78, 5) is 5.46. The van der Waals surface area contributed by atoms with Crippen LogP contribution < -0.4 is 0 Å². The largest absolute Gasteiger partial charge is 0.253 e. The van der Waals surface area contributed by atoms with E-state index in [1.165, 1.54) is 0 Å². The number of rotatable bonds is 4. The van der Waals surface area contributed by atoms with Gasteiger partial charge in [-0.05, 0) is 25.5 Å². The standard InChI is InChI=1S/C17H17N5S/c1-3-4-9-15-19-20-17-22(15)21-16(23-17)13-10-11(2)18-14-8-6-5-7-12(13)14/h5-8,10H,3-4,9H2,1-2H3. The molecule has 0 unspecified atom stereocenters. The molecule has 1 aromatic carbocycles. The molecule has 0 aliphatic carbocycles. The summed E-state index contributed by atoms with van der Waals surface area (Å²) in [6.07, 6.45) is 3.15. The lowest BCUT2D eigenvalue weighted by atomic mass is 10.1. The van der Waals surface area contributed by atoms with Gasteiger partial charge in [0.2, 0.25) is 4.96 Å². The van der Waals surface area contributed by atoms with Crippen LogP contribution in [0.5, 0.6) is 0 Å². The van der Waals surface area contributed by atoms with E-state index in [1.54, 1.807) is 11.3 Å². The summed E-state index contributed by atoms with van der Waals surface area (Å²) >= 11 is 1.58. The Hall–Kier alpha value is -2.34. The predicted octanol–water partition coefficient (Wildman–Crippen LogP) is 4.05. The molecule has 0 spiro atoms. The van der Waals surface area contributed by atoms with Gasteiger partial charge < -0.3 is 0 Å². The van der Waals surface area contributed by atoms with Crippen molar-refractivity contribution >= 4 is 27.2 Å². The molecule has 0 aliphatic rings. The lowest BCUT2D eigenvalue weighted by Crippen LogP contribution is -1.96. The molecule has 0 bridgehead atoms. The van der Waals surface area contributed by atoms with Gasteiger partial charge in [0.15, 0.2) is 5.82 Å². The zero-order chi connectivity index (χ0) is 15.8. The third-order valence-corrected chi connectivity index (χ3v) is 4.82. The second-order valence-electron chi connectivity index (χ2n) is 5.65. The highest BCUT2D eigenvalue weighted by atomic mass is 32.1. The summed E-state index contributed by atoms with van der Waals surface area (Å²) in [5.41, 5.74) is 3.11. The molecule has 0 amide bonds. The molecule has 4 rings (SSSR count). The number of aromatic nitrogens is 5. The van der Waals surface area contributed by atoms with Gasteiger partial charge in [-0.1, -0.05) is 42.9 Å². The topological polar surface area (TPSA) is 56.0 Å². The van der Waals surface area contributed by atoms with Gasteiger partial charge in [0.05, 0.1) is 5.52 Å². The molecule has 5 nitrogen and oxygen atoms in total. The van der Waals surface area contributed by atoms with Crippen molar-refractivity contribution in [2.24, 2.45) is 0 Å².